The molecule has 0 spiro atoms. The summed E-state index contributed by atoms with van der Waals surface area (Å²) in [7, 11) is -2.80. The molecule has 3 nitrogen and oxygen atoms in total. The molecule has 1 fully saturated rings. The Hall–Kier alpha value is 0.390. The number of piperidine rings is 1. The molecule has 0 aliphatic carbocycles. The normalized spacial score (nSPS) is 24.3. The Bertz CT molecular complexity index is 277. The fourth-order valence-electron chi connectivity index (χ4n) is 2.04. The van der Waals surface area contributed by atoms with Crippen LogP contribution in [-0.2, 0) is 9.84 Å². The van der Waals surface area contributed by atoms with Crippen LogP contribution < -0.4 is 0 Å². The maximum atomic E-state index is 11.0. The van der Waals surface area contributed by atoms with Crippen molar-refractivity contribution in [1.29, 1.82) is 0 Å². The van der Waals surface area contributed by atoms with Crippen LogP contribution in [0.4, 0.5) is 0 Å². The summed E-state index contributed by atoms with van der Waals surface area (Å²) in [6.45, 7) is 2.84. The average molecular weight is 298 g/mol. The molecule has 1 atom stereocenters. The van der Waals surface area contributed by atoms with Crippen LogP contribution in [0.1, 0.15) is 19.3 Å². The number of likely N-dealkylation sites (tertiary alicyclic amines) is 1. The maximum absolute atomic E-state index is 11.0. The first-order valence-electron chi connectivity index (χ1n) is 5.47. The van der Waals surface area contributed by atoms with Gasteiger partial charge < -0.3 is 4.90 Å². The molecule has 0 aromatic rings. The van der Waals surface area contributed by atoms with Crippen molar-refractivity contribution in [2.75, 3.05) is 37.0 Å². The van der Waals surface area contributed by atoms with E-state index in [0.29, 0.717) is 12.3 Å². The molecule has 1 saturated heterocycles. The molecule has 15 heavy (non-hydrogen) atoms. The van der Waals surface area contributed by atoms with E-state index in [9.17, 15) is 8.42 Å². The summed E-state index contributed by atoms with van der Waals surface area (Å²) in [5.41, 5.74) is 0. The summed E-state index contributed by atoms with van der Waals surface area (Å²) in [6, 6.07) is 0. The van der Waals surface area contributed by atoms with E-state index < -0.39 is 9.84 Å². The van der Waals surface area contributed by atoms with Gasteiger partial charge in [0.05, 0.1) is 5.75 Å². The van der Waals surface area contributed by atoms with Crippen molar-refractivity contribution in [3.8, 4) is 0 Å². The summed E-state index contributed by atoms with van der Waals surface area (Å²) in [6.07, 6.45) is 5.02. The van der Waals surface area contributed by atoms with E-state index in [1.54, 1.807) is 0 Å². The first-order chi connectivity index (χ1) is 7.01. The Balaban J connectivity index is 2.30. The zero-order valence-electron chi connectivity index (χ0n) is 9.28. The first-order valence-corrected chi connectivity index (χ1v) is 8.65. The van der Waals surface area contributed by atoms with E-state index in [0.717, 1.165) is 24.3 Å². The monoisotopic (exact) mass is 297 g/mol. The predicted molar refractivity (Wildman–Crippen MR) is 67.3 cm³/mol. The highest BCUT2D eigenvalue weighted by molar-refractivity contribution is 9.09. The highest BCUT2D eigenvalue weighted by Crippen LogP contribution is 2.20. The fraction of sp³-hybridized carbons (Fsp3) is 1.00. The standard InChI is InChI=1S/C10H20BrNO2S/c1-15(13,14)8-7-12-6-2-3-10(9-12)4-5-11/h10H,2-9H2,1H3. The van der Waals surface area contributed by atoms with Crippen molar-refractivity contribution in [2.24, 2.45) is 5.92 Å². The largest absolute Gasteiger partial charge is 0.302 e. The van der Waals surface area contributed by atoms with Gasteiger partial charge in [-0.25, -0.2) is 8.42 Å². The van der Waals surface area contributed by atoms with Gasteiger partial charge in [0, 0.05) is 24.7 Å². The predicted octanol–water partition coefficient (Wildman–Crippen LogP) is 1.53. The quantitative estimate of drug-likeness (QED) is 0.722. The summed E-state index contributed by atoms with van der Waals surface area (Å²) >= 11 is 3.46. The highest BCUT2D eigenvalue weighted by atomic mass is 79.9. The van der Waals surface area contributed by atoms with E-state index in [1.165, 1.54) is 25.5 Å². The Kier molecular flexibility index (Phi) is 5.57. The van der Waals surface area contributed by atoms with E-state index in [2.05, 4.69) is 20.8 Å². The third kappa shape index (κ3) is 5.88. The van der Waals surface area contributed by atoms with Gasteiger partial charge >= 0.3 is 0 Å². The molecule has 1 heterocycles. The van der Waals surface area contributed by atoms with E-state index in [4.69, 9.17) is 0 Å². The molecule has 0 aromatic heterocycles. The van der Waals surface area contributed by atoms with Gasteiger partial charge in [-0.2, -0.15) is 0 Å². The molecule has 1 unspecified atom stereocenters. The van der Waals surface area contributed by atoms with Crippen LogP contribution in [0.5, 0.6) is 0 Å². The molecular formula is C10H20BrNO2S. The molecule has 0 aromatic carbocycles. The van der Waals surface area contributed by atoms with Crippen molar-refractivity contribution in [3.63, 3.8) is 0 Å². The smallest absolute Gasteiger partial charge is 0.148 e. The Labute approximate surface area is 101 Å². The summed E-state index contributed by atoms with van der Waals surface area (Å²) in [4.78, 5) is 2.29. The van der Waals surface area contributed by atoms with Gasteiger partial charge in [0.2, 0.25) is 0 Å². The second-order valence-electron chi connectivity index (χ2n) is 4.42. The van der Waals surface area contributed by atoms with Crippen LogP contribution in [0.15, 0.2) is 0 Å². The first kappa shape index (κ1) is 13.5. The zero-order valence-corrected chi connectivity index (χ0v) is 11.7. The average Bonchev–Trinajstić information content (AvgIpc) is 2.15. The molecule has 0 amide bonds. The van der Waals surface area contributed by atoms with Gasteiger partial charge in [-0.15, -0.1) is 0 Å². The van der Waals surface area contributed by atoms with Crippen molar-refractivity contribution < 1.29 is 8.42 Å². The molecule has 1 aliphatic heterocycles. The van der Waals surface area contributed by atoms with E-state index in [1.807, 2.05) is 0 Å². The highest BCUT2D eigenvalue weighted by Gasteiger charge is 2.19. The summed E-state index contributed by atoms with van der Waals surface area (Å²) in [5, 5.41) is 1.05. The minimum atomic E-state index is -2.80. The number of sulfone groups is 1. The number of nitrogens with zero attached hydrogens (tertiary/aromatic N) is 1. The molecule has 0 bridgehead atoms. The molecule has 1 aliphatic rings. The molecule has 1 rings (SSSR count). The van der Waals surface area contributed by atoms with Gasteiger partial charge in [-0.3, -0.25) is 0 Å². The van der Waals surface area contributed by atoms with E-state index in [-0.39, 0.29) is 0 Å². The van der Waals surface area contributed by atoms with Crippen LogP contribution in [0.2, 0.25) is 0 Å². The van der Waals surface area contributed by atoms with Gasteiger partial charge in [-0.1, -0.05) is 15.9 Å². The third-order valence-electron chi connectivity index (χ3n) is 2.90. The molecule has 0 radical (unpaired) electrons. The lowest BCUT2D eigenvalue weighted by Crippen LogP contribution is -2.38. The van der Waals surface area contributed by atoms with Crippen LogP contribution in [-0.4, -0.2) is 50.3 Å². The lowest BCUT2D eigenvalue weighted by atomic mass is 9.96. The second-order valence-corrected chi connectivity index (χ2v) is 7.47. The fourth-order valence-corrected chi connectivity index (χ4v) is 3.28. The lowest BCUT2D eigenvalue weighted by molar-refractivity contribution is 0.181. The second kappa shape index (κ2) is 6.21. The molecule has 5 heteroatoms. The van der Waals surface area contributed by atoms with E-state index >= 15 is 0 Å². The number of rotatable bonds is 5. The number of hydrogen-bond donors (Lipinski definition) is 0. The number of alkyl halides is 1. The zero-order chi connectivity index (χ0) is 11.3. The van der Waals surface area contributed by atoms with Crippen molar-refractivity contribution in [3.05, 3.63) is 0 Å². The van der Waals surface area contributed by atoms with Gasteiger partial charge in [0.1, 0.15) is 9.84 Å². The van der Waals surface area contributed by atoms with Crippen molar-refractivity contribution in [1.82, 2.24) is 4.90 Å². The van der Waals surface area contributed by atoms with Gasteiger partial charge in [-0.05, 0) is 31.7 Å². The van der Waals surface area contributed by atoms with Crippen molar-refractivity contribution in [2.45, 2.75) is 19.3 Å². The summed E-state index contributed by atoms with van der Waals surface area (Å²) in [5.74, 6) is 1.05. The molecule has 0 saturated carbocycles. The van der Waals surface area contributed by atoms with Gasteiger partial charge in [0.25, 0.3) is 0 Å². The van der Waals surface area contributed by atoms with Crippen LogP contribution in [0.25, 0.3) is 0 Å². The number of halogens is 1. The van der Waals surface area contributed by atoms with Crippen LogP contribution >= 0.6 is 15.9 Å². The SMILES string of the molecule is CS(=O)(=O)CCN1CCCC(CCBr)C1. The lowest BCUT2D eigenvalue weighted by Gasteiger charge is -2.32. The van der Waals surface area contributed by atoms with Crippen molar-refractivity contribution >= 4 is 25.8 Å². The van der Waals surface area contributed by atoms with Crippen LogP contribution in [0, 0.1) is 5.92 Å². The summed E-state index contributed by atoms with van der Waals surface area (Å²) < 4.78 is 22.1. The van der Waals surface area contributed by atoms with Crippen LogP contribution in [0.3, 0.4) is 0 Å². The maximum Gasteiger partial charge on any atom is 0.148 e. The van der Waals surface area contributed by atoms with Gasteiger partial charge in [0.15, 0.2) is 0 Å². The Morgan fingerprint density at radius 2 is 2.20 bits per heavy atom. The minimum Gasteiger partial charge on any atom is -0.302 e. The Morgan fingerprint density at radius 1 is 1.47 bits per heavy atom. The third-order valence-corrected chi connectivity index (χ3v) is 4.28. The minimum absolute atomic E-state index is 0.300. The Morgan fingerprint density at radius 3 is 2.80 bits per heavy atom. The molecule has 90 valence electrons. The molecule has 0 N–H and O–H groups in total. The number of hydrogen-bond acceptors (Lipinski definition) is 3. The topological polar surface area (TPSA) is 37.4 Å². The molecular weight excluding hydrogens is 278 g/mol.